The van der Waals surface area contributed by atoms with Gasteiger partial charge in [-0.05, 0) is 84.3 Å². The second-order valence-corrected chi connectivity index (χ2v) is 12.9. The molecule has 4 heterocycles. The lowest BCUT2D eigenvalue weighted by molar-refractivity contribution is 0.678. The van der Waals surface area contributed by atoms with Crippen LogP contribution in [0.4, 0.5) is 34.1 Å². The SMILES string of the molecule is [2H]C([2H])([2H])N1CN(c2cccc(C3(C)c4cc(N5CN(C([2H])([2H])[2H])c6ccccc65)ccc4-n4c5ccccc5c5cccc3c54)c2)c2ccccc21. The molecule has 0 amide bonds. The highest BCUT2D eigenvalue weighted by atomic mass is 15.4. The zero-order valence-corrected chi connectivity index (χ0v) is 25.9. The topological polar surface area (TPSA) is 17.9 Å². The smallest absolute Gasteiger partial charge is 0.0950 e. The van der Waals surface area contributed by atoms with E-state index in [1.807, 2.05) is 48.5 Å². The lowest BCUT2D eigenvalue weighted by Crippen LogP contribution is -2.32. The Labute approximate surface area is 283 Å². The van der Waals surface area contributed by atoms with Crippen molar-refractivity contribution in [1.82, 2.24) is 4.57 Å². The molecule has 0 saturated heterocycles. The molecule has 0 N–H and O–H groups in total. The first-order valence-corrected chi connectivity index (χ1v) is 16.0. The van der Waals surface area contributed by atoms with E-state index in [0.29, 0.717) is 11.4 Å². The van der Waals surface area contributed by atoms with Crippen LogP contribution in [0.1, 0.15) is 31.8 Å². The molecule has 5 nitrogen and oxygen atoms in total. The molecule has 5 heteroatoms. The molecular formula is C42H35N5. The molecule has 3 aliphatic heterocycles. The molecule has 1 aromatic heterocycles. The fraction of sp³-hybridized carbons (Fsp3) is 0.143. The maximum Gasteiger partial charge on any atom is 0.0950 e. The molecule has 0 aliphatic carbocycles. The fourth-order valence-electron chi connectivity index (χ4n) is 8.27. The summed E-state index contributed by atoms with van der Waals surface area (Å²) in [5, 5.41) is 2.36. The van der Waals surface area contributed by atoms with Crippen molar-refractivity contribution in [1.29, 1.82) is 0 Å². The molecule has 7 aromatic rings. The molecule has 1 unspecified atom stereocenters. The van der Waals surface area contributed by atoms with Crippen molar-refractivity contribution in [3.05, 3.63) is 150 Å². The number of hydrogen-bond donors (Lipinski definition) is 0. The Morgan fingerprint density at radius 3 is 1.87 bits per heavy atom. The monoisotopic (exact) mass is 615 g/mol. The van der Waals surface area contributed by atoms with Crippen molar-refractivity contribution in [2.45, 2.75) is 12.3 Å². The Balaban J connectivity index is 1.20. The van der Waals surface area contributed by atoms with E-state index in [9.17, 15) is 0 Å². The third kappa shape index (κ3) is 3.49. The zero-order chi connectivity index (χ0) is 36.4. The van der Waals surface area contributed by atoms with Crippen LogP contribution in [0.15, 0.2) is 133 Å². The van der Waals surface area contributed by atoms with Crippen LogP contribution < -0.4 is 19.6 Å². The molecule has 0 bridgehead atoms. The quantitative estimate of drug-likeness (QED) is 0.197. The second-order valence-electron chi connectivity index (χ2n) is 12.9. The molecule has 47 heavy (non-hydrogen) atoms. The summed E-state index contributed by atoms with van der Waals surface area (Å²) < 4.78 is 52.2. The van der Waals surface area contributed by atoms with Gasteiger partial charge >= 0.3 is 0 Å². The lowest BCUT2D eigenvalue weighted by Gasteiger charge is -2.39. The van der Waals surface area contributed by atoms with Gasteiger partial charge in [0.1, 0.15) is 0 Å². The van der Waals surface area contributed by atoms with E-state index < -0.39 is 19.4 Å². The highest BCUT2D eigenvalue weighted by Crippen LogP contribution is 2.53. The number of nitrogens with zero attached hydrogens (tertiary/aromatic N) is 5. The van der Waals surface area contributed by atoms with Crippen LogP contribution in [0.5, 0.6) is 0 Å². The molecule has 0 radical (unpaired) electrons. The number of benzene rings is 6. The molecule has 228 valence electrons. The minimum Gasteiger partial charge on any atom is -0.355 e. The van der Waals surface area contributed by atoms with Crippen LogP contribution in [0, 0.1) is 0 Å². The van der Waals surface area contributed by atoms with Gasteiger partial charge in [0.2, 0.25) is 0 Å². The van der Waals surface area contributed by atoms with E-state index in [1.165, 1.54) is 20.6 Å². The van der Waals surface area contributed by atoms with Gasteiger partial charge in [-0.3, -0.25) is 0 Å². The third-order valence-electron chi connectivity index (χ3n) is 10.5. The summed E-state index contributed by atoms with van der Waals surface area (Å²) in [6.45, 7) is -1.91. The predicted molar refractivity (Wildman–Crippen MR) is 196 cm³/mol. The fourth-order valence-corrected chi connectivity index (χ4v) is 8.27. The van der Waals surface area contributed by atoms with Gasteiger partial charge in [-0.2, -0.15) is 0 Å². The Kier molecular flexibility index (Phi) is 4.25. The summed E-state index contributed by atoms with van der Waals surface area (Å²) >= 11 is 0. The number of para-hydroxylation sites is 6. The maximum absolute atomic E-state index is 8.32. The molecule has 10 rings (SSSR count). The van der Waals surface area contributed by atoms with Gasteiger partial charge in [0, 0.05) is 49.7 Å². The zero-order valence-electron chi connectivity index (χ0n) is 31.9. The van der Waals surface area contributed by atoms with Crippen LogP contribution >= 0.6 is 0 Å². The first-order chi connectivity index (χ1) is 25.4. The Bertz CT molecular complexity index is 2630. The van der Waals surface area contributed by atoms with Gasteiger partial charge in [-0.1, -0.05) is 72.8 Å². The molecule has 6 aromatic carbocycles. The maximum atomic E-state index is 8.32. The van der Waals surface area contributed by atoms with Gasteiger partial charge in [0.05, 0.1) is 52.8 Å². The Morgan fingerprint density at radius 1 is 0.532 bits per heavy atom. The van der Waals surface area contributed by atoms with E-state index >= 15 is 0 Å². The van der Waals surface area contributed by atoms with E-state index in [4.69, 9.17) is 8.22 Å². The highest BCUT2D eigenvalue weighted by molar-refractivity contribution is 6.12. The Morgan fingerprint density at radius 2 is 1.15 bits per heavy atom. The summed E-state index contributed by atoms with van der Waals surface area (Å²) in [4.78, 5) is 7.14. The first kappa shape index (κ1) is 21.2. The van der Waals surface area contributed by atoms with Crippen LogP contribution in [-0.4, -0.2) is 31.9 Å². The summed E-state index contributed by atoms with van der Waals surface area (Å²) in [5.74, 6) is 0. The van der Waals surface area contributed by atoms with E-state index in [-0.39, 0.29) is 13.3 Å². The lowest BCUT2D eigenvalue weighted by atomic mass is 9.68. The van der Waals surface area contributed by atoms with Crippen molar-refractivity contribution in [3.8, 4) is 5.69 Å². The third-order valence-corrected chi connectivity index (χ3v) is 10.5. The van der Waals surface area contributed by atoms with E-state index in [0.717, 1.165) is 56.2 Å². The summed E-state index contributed by atoms with van der Waals surface area (Å²) in [7, 11) is 0. The summed E-state index contributed by atoms with van der Waals surface area (Å²) in [6.07, 6.45) is 0. The van der Waals surface area contributed by atoms with Crippen LogP contribution in [-0.2, 0) is 5.41 Å². The minimum absolute atomic E-state index is 0.197. The largest absolute Gasteiger partial charge is 0.355 e. The number of aromatic nitrogens is 1. The highest BCUT2D eigenvalue weighted by Gasteiger charge is 2.41. The van der Waals surface area contributed by atoms with Gasteiger partial charge in [-0.25, -0.2) is 0 Å². The van der Waals surface area contributed by atoms with Crippen molar-refractivity contribution in [2.24, 2.45) is 0 Å². The number of hydrogen-bond acceptors (Lipinski definition) is 4. The average molecular weight is 616 g/mol. The van der Waals surface area contributed by atoms with Crippen molar-refractivity contribution in [3.63, 3.8) is 0 Å². The molecule has 0 spiro atoms. The molecule has 1 atom stereocenters. The Hall–Kier alpha value is -5.68. The summed E-state index contributed by atoms with van der Waals surface area (Å²) in [5.41, 5.74) is 10.9. The van der Waals surface area contributed by atoms with Crippen molar-refractivity contribution >= 4 is 55.9 Å². The number of anilines is 6. The second kappa shape index (κ2) is 9.43. The summed E-state index contributed by atoms with van der Waals surface area (Å²) in [6, 6.07) is 45.5. The van der Waals surface area contributed by atoms with Gasteiger partial charge in [-0.15, -0.1) is 0 Å². The van der Waals surface area contributed by atoms with Crippen molar-refractivity contribution < 1.29 is 8.22 Å². The molecule has 3 aliphatic rings. The van der Waals surface area contributed by atoms with Crippen LogP contribution in [0.25, 0.3) is 27.5 Å². The first-order valence-electron chi connectivity index (χ1n) is 19.0. The van der Waals surface area contributed by atoms with Crippen LogP contribution in [0.3, 0.4) is 0 Å². The molecule has 0 fully saturated rings. The predicted octanol–water partition coefficient (Wildman–Crippen LogP) is 9.54. The van der Waals surface area contributed by atoms with E-state index in [2.05, 4.69) is 106 Å². The number of rotatable bonds is 3. The average Bonchev–Trinajstić information content (AvgIpc) is 3.85. The van der Waals surface area contributed by atoms with Gasteiger partial charge < -0.3 is 24.2 Å². The van der Waals surface area contributed by atoms with Crippen LogP contribution in [0.2, 0.25) is 0 Å². The molecule has 0 saturated carbocycles. The minimum atomic E-state index is -2.30. The van der Waals surface area contributed by atoms with Gasteiger partial charge in [0.25, 0.3) is 0 Å². The van der Waals surface area contributed by atoms with Crippen molar-refractivity contribution in [2.75, 3.05) is 46.9 Å². The van der Waals surface area contributed by atoms with Gasteiger partial charge in [0.15, 0.2) is 0 Å². The number of fused-ring (bicyclic) bond motifs is 7. The van der Waals surface area contributed by atoms with E-state index in [1.54, 1.807) is 0 Å². The molecular weight excluding hydrogens is 574 g/mol. The normalized spacial score (nSPS) is 20.3. The standard InChI is InChI=1S/C42H35N5/c1-42(28-12-10-13-29(24-28)45-26-43(2)37-18-6-8-20-39(37)45)33-16-11-15-32-31-14-4-5-17-35(31)47(41(32)33)36-23-22-30(25-34(36)42)46-27-44(3)38-19-7-9-21-40(38)46/h4-25H,26-27H2,1-3H3/i2D3,3D3.